The molecule has 3 N–H and O–H groups in total. The first-order valence-corrected chi connectivity index (χ1v) is 9.92. The molecule has 0 aliphatic carbocycles. The second-order valence-corrected chi connectivity index (χ2v) is 7.73. The molecule has 2 aromatic carbocycles. The minimum atomic E-state index is -3.66. The molecule has 2 aromatic rings. The molecule has 0 spiro atoms. The van der Waals surface area contributed by atoms with Crippen LogP contribution in [0.1, 0.15) is 24.9 Å². The van der Waals surface area contributed by atoms with Gasteiger partial charge in [-0.2, -0.15) is 0 Å². The molecule has 0 saturated heterocycles. The van der Waals surface area contributed by atoms with E-state index in [1.807, 2.05) is 10.8 Å². The van der Waals surface area contributed by atoms with Crippen LogP contribution in [0.4, 0.5) is 15.8 Å². The van der Waals surface area contributed by atoms with Crippen LogP contribution < -0.4 is 15.4 Å². The summed E-state index contributed by atoms with van der Waals surface area (Å²) in [6.07, 6.45) is 0.853. The van der Waals surface area contributed by atoms with Crippen LogP contribution in [0.15, 0.2) is 48.5 Å². The van der Waals surface area contributed by atoms with Crippen molar-refractivity contribution < 1.29 is 22.4 Å². The largest absolute Gasteiger partial charge is 0.349 e. The van der Waals surface area contributed by atoms with Crippen LogP contribution in [0.2, 0.25) is 0 Å². The molecule has 0 aromatic heterocycles. The molecule has 0 bridgehead atoms. The van der Waals surface area contributed by atoms with Gasteiger partial charge in [-0.25, -0.2) is 12.8 Å². The van der Waals surface area contributed by atoms with Crippen molar-refractivity contribution >= 4 is 33.2 Å². The zero-order chi connectivity index (χ0) is 20.0. The number of nitrogens with one attached hydrogen (secondary N) is 3. The van der Waals surface area contributed by atoms with E-state index in [2.05, 4.69) is 10.6 Å². The molecule has 2 amide bonds. The average molecular weight is 393 g/mol. The third kappa shape index (κ3) is 6.70. The number of benzene rings is 2. The normalized spacial score (nSPS) is 12.1. The second-order valence-electron chi connectivity index (χ2n) is 5.98. The summed E-state index contributed by atoms with van der Waals surface area (Å²) >= 11 is 0. The van der Waals surface area contributed by atoms with E-state index in [9.17, 15) is 22.4 Å². The van der Waals surface area contributed by atoms with E-state index >= 15 is 0 Å². The number of anilines is 2. The van der Waals surface area contributed by atoms with Gasteiger partial charge in [-0.05, 0) is 23.8 Å². The monoisotopic (exact) mass is 393 g/mol. The molecule has 1 unspecified atom stereocenters. The number of hydrogen-bond donors (Lipinski definition) is 3. The first kappa shape index (κ1) is 20.4. The Hall–Kier alpha value is -2.94. The number of amides is 2. The Morgan fingerprint density at radius 2 is 1.78 bits per heavy atom. The summed E-state index contributed by atoms with van der Waals surface area (Å²) in [6, 6.07) is 12.0. The number of sulfonamides is 1. The van der Waals surface area contributed by atoms with Crippen molar-refractivity contribution in [2.75, 3.05) is 16.3 Å². The van der Waals surface area contributed by atoms with Crippen LogP contribution in [0.5, 0.6) is 0 Å². The Morgan fingerprint density at radius 3 is 2.37 bits per heavy atom. The number of halogens is 1. The summed E-state index contributed by atoms with van der Waals surface area (Å²) in [5.41, 5.74) is 0.723. The van der Waals surface area contributed by atoms with Crippen LogP contribution >= 0.6 is 0 Å². The second kappa shape index (κ2) is 8.63. The van der Waals surface area contributed by atoms with Gasteiger partial charge in [-0.3, -0.25) is 14.3 Å². The van der Waals surface area contributed by atoms with Crippen LogP contribution in [0.25, 0.3) is 0 Å². The lowest BCUT2D eigenvalue weighted by molar-refractivity contribution is -0.120. The number of carbonyl (C=O) groups is 2. The number of carbonyl (C=O) groups excluding carboxylic acids is 2. The summed E-state index contributed by atoms with van der Waals surface area (Å²) < 4.78 is 38.3. The molecule has 0 saturated carbocycles. The Bertz CT molecular complexity index is 933. The predicted octanol–water partition coefficient (Wildman–Crippen LogP) is 2.40. The van der Waals surface area contributed by atoms with E-state index in [-0.39, 0.29) is 23.7 Å². The van der Waals surface area contributed by atoms with Crippen molar-refractivity contribution in [2.24, 2.45) is 0 Å². The molecule has 0 aliphatic heterocycles. The van der Waals surface area contributed by atoms with E-state index in [0.29, 0.717) is 0 Å². The highest BCUT2D eigenvalue weighted by molar-refractivity contribution is 7.92. The summed E-state index contributed by atoms with van der Waals surface area (Å²) in [4.78, 5) is 23.8. The van der Waals surface area contributed by atoms with Crippen LogP contribution in [0.3, 0.4) is 0 Å². The molecule has 9 heteroatoms. The molecular weight excluding hydrogens is 373 g/mol. The maximum atomic E-state index is 13.7. The van der Waals surface area contributed by atoms with Crippen LogP contribution in [0, 0.1) is 5.82 Å². The Labute approximate surface area is 157 Å². The molecule has 0 fully saturated rings. The van der Waals surface area contributed by atoms with Gasteiger partial charge in [0.05, 0.1) is 24.4 Å². The van der Waals surface area contributed by atoms with E-state index in [1.165, 1.54) is 19.1 Å². The van der Waals surface area contributed by atoms with Crippen molar-refractivity contribution in [3.05, 3.63) is 59.9 Å². The number of rotatable bonds is 7. The number of hydrogen-bond acceptors (Lipinski definition) is 4. The molecule has 2 rings (SSSR count). The lowest BCUT2D eigenvalue weighted by Crippen LogP contribution is -2.29. The van der Waals surface area contributed by atoms with Gasteiger partial charge < -0.3 is 10.6 Å². The van der Waals surface area contributed by atoms with E-state index in [1.54, 1.807) is 24.3 Å². The van der Waals surface area contributed by atoms with Gasteiger partial charge in [0.2, 0.25) is 21.8 Å². The standard InChI is InChI=1S/C18H20FN3O4S/c1-12(23)20-16(13-6-4-3-5-7-13)11-18(24)21-14-8-9-15(19)17(10-14)22-27(2,25)26/h3-10,16,22H,11H2,1-2H3,(H,20,23)(H,21,24). The van der Waals surface area contributed by atoms with Crippen molar-refractivity contribution in [3.63, 3.8) is 0 Å². The highest BCUT2D eigenvalue weighted by atomic mass is 32.2. The first-order valence-electron chi connectivity index (χ1n) is 8.03. The maximum absolute atomic E-state index is 13.7. The average Bonchev–Trinajstić information content (AvgIpc) is 2.56. The van der Waals surface area contributed by atoms with Gasteiger partial charge in [-0.15, -0.1) is 0 Å². The SMILES string of the molecule is CC(=O)NC(CC(=O)Nc1ccc(F)c(NS(C)(=O)=O)c1)c1ccccc1. The fourth-order valence-corrected chi connectivity index (χ4v) is 3.02. The van der Waals surface area contributed by atoms with Gasteiger partial charge in [-0.1, -0.05) is 30.3 Å². The van der Waals surface area contributed by atoms with Gasteiger partial charge in [0.1, 0.15) is 5.82 Å². The third-order valence-electron chi connectivity index (χ3n) is 3.51. The highest BCUT2D eigenvalue weighted by Crippen LogP contribution is 2.22. The van der Waals surface area contributed by atoms with Crippen LogP contribution in [-0.2, 0) is 19.6 Å². The van der Waals surface area contributed by atoms with E-state index in [0.717, 1.165) is 17.9 Å². The lowest BCUT2D eigenvalue weighted by atomic mass is 10.0. The summed E-state index contributed by atoms with van der Waals surface area (Å²) in [7, 11) is -3.66. The van der Waals surface area contributed by atoms with Crippen molar-refractivity contribution in [3.8, 4) is 0 Å². The van der Waals surface area contributed by atoms with Crippen molar-refractivity contribution in [2.45, 2.75) is 19.4 Å². The van der Waals surface area contributed by atoms with Crippen molar-refractivity contribution in [1.29, 1.82) is 0 Å². The molecule has 27 heavy (non-hydrogen) atoms. The maximum Gasteiger partial charge on any atom is 0.229 e. The van der Waals surface area contributed by atoms with Gasteiger partial charge in [0.15, 0.2) is 0 Å². The summed E-state index contributed by atoms with van der Waals surface area (Å²) in [5.74, 6) is -1.47. The summed E-state index contributed by atoms with van der Waals surface area (Å²) in [5, 5.41) is 5.29. The minimum Gasteiger partial charge on any atom is -0.349 e. The Balaban J connectivity index is 2.13. The summed E-state index contributed by atoms with van der Waals surface area (Å²) in [6.45, 7) is 1.36. The van der Waals surface area contributed by atoms with E-state index in [4.69, 9.17) is 0 Å². The Kier molecular flexibility index (Phi) is 6.51. The molecule has 0 aliphatic rings. The van der Waals surface area contributed by atoms with E-state index < -0.39 is 27.8 Å². The molecule has 1 atom stereocenters. The third-order valence-corrected chi connectivity index (χ3v) is 4.11. The zero-order valence-corrected chi connectivity index (χ0v) is 15.6. The minimum absolute atomic E-state index is 0.0458. The van der Waals surface area contributed by atoms with Gasteiger partial charge in [0.25, 0.3) is 0 Å². The highest BCUT2D eigenvalue weighted by Gasteiger charge is 2.17. The fraction of sp³-hybridized carbons (Fsp3) is 0.222. The quantitative estimate of drug-likeness (QED) is 0.672. The molecular formula is C18H20FN3O4S. The molecule has 0 heterocycles. The van der Waals surface area contributed by atoms with Crippen molar-refractivity contribution in [1.82, 2.24) is 5.32 Å². The smallest absolute Gasteiger partial charge is 0.229 e. The molecule has 144 valence electrons. The van der Waals surface area contributed by atoms with Gasteiger partial charge in [0, 0.05) is 12.6 Å². The molecule has 7 nitrogen and oxygen atoms in total. The Morgan fingerprint density at radius 1 is 1.11 bits per heavy atom. The van der Waals surface area contributed by atoms with Gasteiger partial charge >= 0.3 is 0 Å². The zero-order valence-electron chi connectivity index (χ0n) is 14.8. The molecule has 0 radical (unpaired) electrons. The van der Waals surface area contributed by atoms with Crippen LogP contribution in [-0.4, -0.2) is 26.5 Å². The first-order chi connectivity index (χ1) is 12.6. The lowest BCUT2D eigenvalue weighted by Gasteiger charge is -2.18. The predicted molar refractivity (Wildman–Crippen MR) is 101 cm³/mol. The topological polar surface area (TPSA) is 104 Å². The fourth-order valence-electron chi connectivity index (χ4n) is 2.46.